The van der Waals surface area contributed by atoms with Gasteiger partial charge in [-0.2, -0.15) is 0 Å². The lowest BCUT2D eigenvalue weighted by Crippen LogP contribution is -2.15. The minimum Gasteiger partial charge on any atom is -0.508 e. The first-order valence-electron chi connectivity index (χ1n) is 7.53. The number of phenolic OH excluding ortho intramolecular Hbond substituents is 1. The molecule has 1 aromatic heterocycles. The molecule has 0 aliphatic rings. The van der Waals surface area contributed by atoms with Crippen LogP contribution in [-0.2, 0) is 21.2 Å². The van der Waals surface area contributed by atoms with Gasteiger partial charge < -0.3 is 10.4 Å². The van der Waals surface area contributed by atoms with E-state index in [0.29, 0.717) is 11.4 Å². The molecule has 3 N–H and O–H groups in total. The van der Waals surface area contributed by atoms with Crippen LogP contribution in [0.3, 0.4) is 0 Å². The molecule has 1 heterocycles. The molecule has 134 valence electrons. The van der Waals surface area contributed by atoms with Crippen molar-refractivity contribution in [3.63, 3.8) is 0 Å². The second-order valence-corrected chi connectivity index (χ2v) is 7.88. The van der Waals surface area contributed by atoms with Crippen molar-refractivity contribution in [1.82, 2.24) is 4.98 Å². The minimum atomic E-state index is -3.71. The zero-order valence-corrected chi connectivity index (χ0v) is 15.0. The molecule has 7 nitrogen and oxygen atoms in total. The Morgan fingerprint density at radius 2 is 1.88 bits per heavy atom. The van der Waals surface area contributed by atoms with Crippen molar-refractivity contribution in [1.29, 1.82) is 0 Å². The molecule has 2 aromatic carbocycles. The van der Waals surface area contributed by atoms with Crippen molar-refractivity contribution >= 4 is 38.1 Å². The van der Waals surface area contributed by atoms with Gasteiger partial charge in [-0.3, -0.25) is 9.52 Å². The Labute approximate surface area is 154 Å². The Hall–Kier alpha value is -2.91. The number of aromatic hydroxyl groups is 1. The highest BCUT2D eigenvalue weighted by atomic mass is 32.2. The van der Waals surface area contributed by atoms with E-state index in [4.69, 9.17) is 0 Å². The van der Waals surface area contributed by atoms with Crippen molar-refractivity contribution < 1.29 is 18.3 Å². The van der Waals surface area contributed by atoms with Crippen molar-refractivity contribution in [3.05, 3.63) is 65.7 Å². The van der Waals surface area contributed by atoms with Gasteiger partial charge in [-0.25, -0.2) is 13.4 Å². The minimum absolute atomic E-state index is 0.0147. The van der Waals surface area contributed by atoms with Gasteiger partial charge in [0.1, 0.15) is 5.75 Å². The molecule has 1 amide bonds. The Morgan fingerprint density at radius 3 is 2.62 bits per heavy atom. The van der Waals surface area contributed by atoms with E-state index in [1.54, 1.807) is 35.7 Å². The molecule has 3 rings (SSSR count). The lowest BCUT2D eigenvalue weighted by molar-refractivity contribution is -0.115. The fourth-order valence-corrected chi connectivity index (χ4v) is 4.15. The number of nitrogens with one attached hydrogen (secondary N) is 2. The molecule has 26 heavy (non-hydrogen) atoms. The Balaban J connectivity index is 1.64. The second-order valence-electron chi connectivity index (χ2n) is 5.34. The van der Waals surface area contributed by atoms with Crippen LogP contribution in [0, 0.1) is 0 Å². The number of amides is 1. The first-order chi connectivity index (χ1) is 12.4. The summed E-state index contributed by atoms with van der Waals surface area (Å²) in [5, 5.41) is 13.8. The van der Waals surface area contributed by atoms with E-state index >= 15 is 0 Å². The SMILES string of the molecule is O=C(Cc1csc(NS(=O)(=O)c2ccccc2)n1)Nc1cccc(O)c1. The highest BCUT2D eigenvalue weighted by molar-refractivity contribution is 7.93. The average Bonchev–Trinajstić information content (AvgIpc) is 3.01. The van der Waals surface area contributed by atoms with Crippen LogP contribution in [0.1, 0.15) is 5.69 Å². The lowest BCUT2D eigenvalue weighted by Gasteiger charge is -2.05. The summed E-state index contributed by atoms with van der Waals surface area (Å²) in [5.41, 5.74) is 0.911. The first-order valence-corrected chi connectivity index (χ1v) is 9.90. The number of benzene rings is 2. The van der Waals surface area contributed by atoms with E-state index in [1.165, 1.54) is 24.3 Å². The van der Waals surface area contributed by atoms with E-state index < -0.39 is 10.0 Å². The normalized spacial score (nSPS) is 11.1. The van der Waals surface area contributed by atoms with Gasteiger partial charge in [-0.15, -0.1) is 11.3 Å². The summed E-state index contributed by atoms with van der Waals surface area (Å²) < 4.78 is 26.9. The Kier molecular flexibility index (Phi) is 5.19. The molecule has 3 aromatic rings. The van der Waals surface area contributed by atoms with Crippen molar-refractivity contribution in [3.8, 4) is 5.75 Å². The number of aromatic nitrogens is 1. The molecular formula is C17H15N3O4S2. The number of hydrogen-bond donors (Lipinski definition) is 3. The highest BCUT2D eigenvalue weighted by Gasteiger charge is 2.16. The van der Waals surface area contributed by atoms with E-state index in [0.717, 1.165) is 11.3 Å². The Bertz CT molecular complexity index is 1020. The quantitative estimate of drug-likeness (QED) is 0.601. The van der Waals surface area contributed by atoms with Crippen LogP contribution in [0.4, 0.5) is 10.8 Å². The van der Waals surface area contributed by atoms with Crippen molar-refractivity contribution in [2.24, 2.45) is 0 Å². The standard InChI is InChI=1S/C17H15N3O4S2/c21-14-6-4-5-12(9-14)18-16(22)10-13-11-25-17(19-13)20-26(23,24)15-7-2-1-3-8-15/h1-9,11,21H,10H2,(H,18,22)(H,19,20). The molecule has 0 aliphatic carbocycles. The summed E-state index contributed by atoms with van der Waals surface area (Å²) >= 11 is 1.10. The molecular weight excluding hydrogens is 374 g/mol. The van der Waals surface area contributed by atoms with Gasteiger partial charge in [0.05, 0.1) is 17.0 Å². The molecule has 0 atom stereocenters. The van der Waals surface area contributed by atoms with Crippen molar-refractivity contribution in [2.45, 2.75) is 11.3 Å². The van der Waals surface area contributed by atoms with E-state index in [9.17, 15) is 18.3 Å². The van der Waals surface area contributed by atoms with Crippen LogP contribution in [-0.4, -0.2) is 24.4 Å². The van der Waals surface area contributed by atoms with Gasteiger partial charge in [0, 0.05) is 17.1 Å². The largest absolute Gasteiger partial charge is 0.508 e. The van der Waals surface area contributed by atoms with E-state index in [1.807, 2.05) is 0 Å². The summed E-state index contributed by atoms with van der Waals surface area (Å²) in [6.45, 7) is 0. The number of anilines is 2. The van der Waals surface area contributed by atoms with Crippen LogP contribution >= 0.6 is 11.3 Å². The van der Waals surface area contributed by atoms with Gasteiger partial charge >= 0.3 is 0 Å². The number of thiazole rings is 1. The van der Waals surface area contributed by atoms with Crippen LogP contribution < -0.4 is 10.0 Å². The summed E-state index contributed by atoms with van der Waals surface area (Å²) in [5.74, 6) is -0.271. The molecule has 0 saturated heterocycles. The van der Waals surface area contributed by atoms with Gasteiger partial charge in [0.15, 0.2) is 5.13 Å². The maximum Gasteiger partial charge on any atom is 0.263 e. The number of phenols is 1. The monoisotopic (exact) mass is 389 g/mol. The second kappa shape index (κ2) is 7.54. The van der Waals surface area contributed by atoms with Crippen LogP contribution in [0.2, 0.25) is 0 Å². The zero-order valence-electron chi connectivity index (χ0n) is 13.4. The molecule has 0 radical (unpaired) electrons. The maximum atomic E-state index is 12.3. The predicted molar refractivity (Wildman–Crippen MR) is 99.8 cm³/mol. The maximum absolute atomic E-state index is 12.3. The number of hydrogen-bond acceptors (Lipinski definition) is 6. The van der Waals surface area contributed by atoms with Gasteiger partial charge in [0.2, 0.25) is 5.91 Å². The lowest BCUT2D eigenvalue weighted by atomic mass is 10.2. The van der Waals surface area contributed by atoms with Crippen molar-refractivity contribution in [2.75, 3.05) is 10.0 Å². The predicted octanol–water partition coefficient (Wildman–Crippen LogP) is 2.83. The third-order valence-electron chi connectivity index (χ3n) is 3.30. The summed E-state index contributed by atoms with van der Waals surface area (Å²) in [6.07, 6.45) is -0.0147. The third kappa shape index (κ3) is 4.58. The number of nitrogens with zero attached hydrogens (tertiary/aromatic N) is 1. The average molecular weight is 389 g/mol. The summed E-state index contributed by atoms with van der Waals surface area (Å²) in [4.78, 5) is 16.3. The van der Waals surface area contributed by atoms with Crippen LogP contribution in [0.25, 0.3) is 0 Å². The molecule has 9 heteroatoms. The fourth-order valence-electron chi connectivity index (χ4n) is 2.16. The molecule has 0 unspecified atom stereocenters. The van der Waals surface area contributed by atoms with Crippen LogP contribution in [0.5, 0.6) is 5.75 Å². The fraction of sp³-hybridized carbons (Fsp3) is 0.0588. The molecule has 0 spiro atoms. The number of carbonyl (C=O) groups is 1. The topological polar surface area (TPSA) is 108 Å². The third-order valence-corrected chi connectivity index (χ3v) is 5.59. The molecule has 0 saturated carbocycles. The van der Waals surface area contributed by atoms with Gasteiger partial charge in [-0.05, 0) is 24.3 Å². The zero-order chi connectivity index (χ0) is 18.6. The van der Waals surface area contributed by atoms with Crippen LogP contribution in [0.15, 0.2) is 64.9 Å². The Morgan fingerprint density at radius 1 is 1.12 bits per heavy atom. The molecule has 0 bridgehead atoms. The number of rotatable bonds is 6. The molecule has 0 aliphatic heterocycles. The van der Waals surface area contributed by atoms with Gasteiger partial charge in [0.25, 0.3) is 10.0 Å². The van der Waals surface area contributed by atoms with Gasteiger partial charge in [-0.1, -0.05) is 24.3 Å². The smallest absolute Gasteiger partial charge is 0.263 e. The highest BCUT2D eigenvalue weighted by Crippen LogP contribution is 2.21. The summed E-state index contributed by atoms with van der Waals surface area (Å²) in [6, 6.07) is 14.2. The number of sulfonamides is 1. The molecule has 0 fully saturated rings. The van der Waals surface area contributed by atoms with E-state index in [-0.39, 0.29) is 28.1 Å². The first kappa shape index (κ1) is 17.9. The van der Waals surface area contributed by atoms with E-state index in [2.05, 4.69) is 15.0 Å². The summed E-state index contributed by atoms with van der Waals surface area (Å²) in [7, 11) is -3.71. The number of carbonyl (C=O) groups excluding carboxylic acids is 1.